The largest absolute Gasteiger partial charge is 0.393 e. The van der Waals surface area contributed by atoms with Crippen molar-refractivity contribution in [3.63, 3.8) is 0 Å². The zero-order valence-electron chi connectivity index (χ0n) is 13.9. The molecule has 0 saturated heterocycles. The van der Waals surface area contributed by atoms with Crippen LogP contribution in [0.15, 0.2) is 0 Å². The Labute approximate surface area is 127 Å². The molecule has 0 fully saturated rings. The summed E-state index contributed by atoms with van der Waals surface area (Å²) < 4.78 is 0. The Morgan fingerprint density at radius 3 is 1.50 bits per heavy atom. The third kappa shape index (κ3) is 14.3. The highest BCUT2D eigenvalue weighted by molar-refractivity contribution is 4.63. The first-order valence-electron chi connectivity index (χ1n) is 9.06. The van der Waals surface area contributed by atoms with Crippen LogP contribution in [-0.4, -0.2) is 22.4 Å². The third-order valence-electron chi connectivity index (χ3n) is 4.06. The minimum atomic E-state index is -0.307. The van der Waals surface area contributed by atoms with Crippen LogP contribution in [0.3, 0.4) is 0 Å². The number of hydrogen-bond acceptors (Lipinski definition) is 2. The predicted molar refractivity (Wildman–Crippen MR) is 88.0 cm³/mol. The fourth-order valence-corrected chi connectivity index (χ4v) is 2.75. The number of unbranched alkanes of at least 4 members (excludes halogenated alkanes) is 9. The standard InChI is InChI=1S/C18H38O2/c1-3-5-6-7-8-9-10-11-12-13-15-18(20)16-17(19)14-4-2/h17-20H,3-16H2,1-2H3. The van der Waals surface area contributed by atoms with E-state index < -0.39 is 0 Å². The van der Waals surface area contributed by atoms with Crippen molar-refractivity contribution in [2.24, 2.45) is 0 Å². The third-order valence-corrected chi connectivity index (χ3v) is 4.06. The van der Waals surface area contributed by atoms with E-state index >= 15 is 0 Å². The van der Waals surface area contributed by atoms with Crippen LogP contribution in [0.1, 0.15) is 104 Å². The van der Waals surface area contributed by atoms with Gasteiger partial charge in [0.05, 0.1) is 12.2 Å². The summed E-state index contributed by atoms with van der Waals surface area (Å²) in [5, 5.41) is 19.4. The van der Waals surface area contributed by atoms with E-state index in [1.807, 2.05) is 0 Å². The number of rotatable bonds is 15. The molecular weight excluding hydrogens is 248 g/mol. The summed E-state index contributed by atoms with van der Waals surface area (Å²) in [6, 6.07) is 0. The molecule has 2 N–H and O–H groups in total. The molecule has 0 aromatic heterocycles. The molecule has 2 heteroatoms. The summed E-state index contributed by atoms with van der Waals surface area (Å²) in [7, 11) is 0. The molecule has 2 nitrogen and oxygen atoms in total. The van der Waals surface area contributed by atoms with E-state index in [2.05, 4.69) is 13.8 Å². The lowest BCUT2D eigenvalue weighted by Gasteiger charge is -2.14. The Hall–Kier alpha value is -0.0800. The summed E-state index contributed by atoms with van der Waals surface area (Å²) in [5.74, 6) is 0. The van der Waals surface area contributed by atoms with Crippen LogP contribution in [0.4, 0.5) is 0 Å². The Balaban J connectivity index is 3.19. The van der Waals surface area contributed by atoms with Gasteiger partial charge < -0.3 is 10.2 Å². The van der Waals surface area contributed by atoms with Gasteiger partial charge >= 0.3 is 0 Å². The van der Waals surface area contributed by atoms with Gasteiger partial charge in [0.15, 0.2) is 0 Å². The Bertz CT molecular complexity index is 182. The fourth-order valence-electron chi connectivity index (χ4n) is 2.75. The second-order valence-corrected chi connectivity index (χ2v) is 6.30. The zero-order valence-corrected chi connectivity index (χ0v) is 13.9. The van der Waals surface area contributed by atoms with Crippen molar-refractivity contribution in [1.29, 1.82) is 0 Å². The summed E-state index contributed by atoms with van der Waals surface area (Å²) in [6.07, 6.45) is 15.9. The van der Waals surface area contributed by atoms with Crippen LogP contribution in [-0.2, 0) is 0 Å². The topological polar surface area (TPSA) is 40.5 Å². The highest BCUT2D eigenvalue weighted by Crippen LogP contribution is 2.14. The predicted octanol–water partition coefficient (Wildman–Crippen LogP) is 5.21. The zero-order chi connectivity index (χ0) is 15.1. The first-order chi connectivity index (χ1) is 9.70. The van der Waals surface area contributed by atoms with E-state index in [1.165, 1.54) is 57.8 Å². The number of aliphatic hydroxyl groups is 2. The van der Waals surface area contributed by atoms with E-state index in [9.17, 15) is 10.2 Å². The van der Waals surface area contributed by atoms with Crippen LogP contribution < -0.4 is 0 Å². The SMILES string of the molecule is CCCCCCCCCCCCC(O)CC(O)CCC. The molecule has 0 aliphatic carbocycles. The van der Waals surface area contributed by atoms with Crippen LogP contribution in [0.2, 0.25) is 0 Å². The molecule has 2 atom stereocenters. The Kier molecular flexibility index (Phi) is 15.3. The van der Waals surface area contributed by atoms with Gasteiger partial charge in [-0.2, -0.15) is 0 Å². The molecule has 2 unspecified atom stereocenters. The molecule has 0 aliphatic heterocycles. The van der Waals surface area contributed by atoms with E-state index in [0.29, 0.717) is 6.42 Å². The van der Waals surface area contributed by atoms with Crippen molar-refractivity contribution in [2.75, 3.05) is 0 Å². The minimum absolute atomic E-state index is 0.300. The van der Waals surface area contributed by atoms with Crippen LogP contribution in [0.25, 0.3) is 0 Å². The average Bonchev–Trinajstić information content (AvgIpc) is 2.41. The van der Waals surface area contributed by atoms with Crippen molar-refractivity contribution in [3.05, 3.63) is 0 Å². The van der Waals surface area contributed by atoms with Gasteiger partial charge in [0.1, 0.15) is 0 Å². The van der Waals surface area contributed by atoms with E-state index in [4.69, 9.17) is 0 Å². The molecule has 0 radical (unpaired) electrons. The maximum absolute atomic E-state index is 9.81. The summed E-state index contributed by atoms with van der Waals surface area (Å²) >= 11 is 0. The lowest BCUT2D eigenvalue weighted by atomic mass is 10.0. The Morgan fingerprint density at radius 1 is 0.550 bits per heavy atom. The van der Waals surface area contributed by atoms with Crippen LogP contribution in [0, 0.1) is 0 Å². The number of aliphatic hydroxyl groups excluding tert-OH is 2. The molecule has 0 rings (SSSR count). The van der Waals surface area contributed by atoms with Crippen molar-refractivity contribution in [3.8, 4) is 0 Å². The summed E-state index contributed by atoms with van der Waals surface area (Å²) in [5.41, 5.74) is 0. The quantitative estimate of drug-likeness (QED) is 0.406. The molecule has 0 amide bonds. The molecule has 0 saturated carbocycles. The first-order valence-corrected chi connectivity index (χ1v) is 9.06. The molecule has 20 heavy (non-hydrogen) atoms. The van der Waals surface area contributed by atoms with Gasteiger partial charge in [-0.1, -0.05) is 84.5 Å². The van der Waals surface area contributed by atoms with Gasteiger partial charge in [0.25, 0.3) is 0 Å². The lowest BCUT2D eigenvalue weighted by molar-refractivity contribution is 0.0692. The normalized spacial score (nSPS) is 14.4. The van der Waals surface area contributed by atoms with Crippen molar-refractivity contribution in [1.82, 2.24) is 0 Å². The maximum Gasteiger partial charge on any atom is 0.0564 e. The summed E-state index contributed by atoms with van der Waals surface area (Å²) in [6.45, 7) is 4.33. The van der Waals surface area contributed by atoms with Crippen LogP contribution in [0.5, 0.6) is 0 Å². The van der Waals surface area contributed by atoms with Gasteiger partial charge in [-0.25, -0.2) is 0 Å². The van der Waals surface area contributed by atoms with Gasteiger partial charge in [0, 0.05) is 0 Å². The van der Waals surface area contributed by atoms with Crippen molar-refractivity contribution in [2.45, 2.75) is 116 Å². The van der Waals surface area contributed by atoms with Crippen molar-refractivity contribution < 1.29 is 10.2 Å². The first kappa shape index (κ1) is 19.9. The van der Waals surface area contributed by atoms with E-state index in [1.54, 1.807) is 0 Å². The Morgan fingerprint density at radius 2 is 1.00 bits per heavy atom. The molecule has 0 aliphatic rings. The highest BCUT2D eigenvalue weighted by atomic mass is 16.3. The van der Waals surface area contributed by atoms with E-state index in [0.717, 1.165) is 25.7 Å². The molecule has 0 spiro atoms. The highest BCUT2D eigenvalue weighted by Gasteiger charge is 2.10. The second kappa shape index (κ2) is 15.3. The molecular formula is C18H38O2. The molecule has 122 valence electrons. The smallest absolute Gasteiger partial charge is 0.0564 e. The molecule has 0 aromatic rings. The van der Waals surface area contributed by atoms with Gasteiger partial charge in [-0.15, -0.1) is 0 Å². The number of hydrogen-bond donors (Lipinski definition) is 2. The molecule has 0 heterocycles. The maximum atomic E-state index is 9.81. The summed E-state index contributed by atoms with van der Waals surface area (Å²) in [4.78, 5) is 0. The molecule has 0 aromatic carbocycles. The van der Waals surface area contributed by atoms with Crippen molar-refractivity contribution >= 4 is 0 Å². The fraction of sp³-hybridized carbons (Fsp3) is 1.00. The lowest BCUT2D eigenvalue weighted by Crippen LogP contribution is -2.17. The van der Waals surface area contributed by atoms with E-state index in [-0.39, 0.29) is 12.2 Å². The van der Waals surface area contributed by atoms with Gasteiger partial charge in [-0.3, -0.25) is 0 Å². The average molecular weight is 287 g/mol. The monoisotopic (exact) mass is 286 g/mol. The van der Waals surface area contributed by atoms with Gasteiger partial charge in [-0.05, 0) is 19.3 Å². The van der Waals surface area contributed by atoms with Crippen LogP contribution >= 0.6 is 0 Å². The van der Waals surface area contributed by atoms with Gasteiger partial charge in [0.2, 0.25) is 0 Å². The minimum Gasteiger partial charge on any atom is -0.393 e. The molecule has 0 bridgehead atoms. The second-order valence-electron chi connectivity index (χ2n) is 6.30.